The highest BCUT2D eigenvalue weighted by Crippen LogP contribution is 2.43. The van der Waals surface area contributed by atoms with Gasteiger partial charge in [-0.2, -0.15) is 0 Å². The third-order valence-corrected chi connectivity index (χ3v) is 4.96. The number of nitrogens with zero attached hydrogens (tertiary/aromatic N) is 1. The SMILES string of the molecule is O=C(NCC1(c2ccccc2)CCC1)N1CCCC(O)C1. The second-order valence-electron chi connectivity index (χ2n) is 6.40. The molecule has 1 aliphatic heterocycles. The topological polar surface area (TPSA) is 52.6 Å². The van der Waals surface area contributed by atoms with Crippen LogP contribution in [0.25, 0.3) is 0 Å². The Balaban J connectivity index is 1.59. The monoisotopic (exact) mass is 288 g/mol. The minimum Gasteiger partial charge on any atom is -0.391 e. The molecule has 4 nitrogen and oxygen atoms in total. The molecule has 1 unspecified atom stereocenters. The maximum atomic E-state index is 12.3. The van der Waals surface area contributed by atoms with Crippen LogP contribution < -0.4 is 5.32 Å². The molecular weight excluding hydrogens is 264 g/mol. The van der Waals surface area contributed by atoms with Crippen LogP contribution in [0.2, 0.25) is 0 Å². The van der Waals surface area contributed by atoms with E-state index in [4.69, 9.17) is 0 Å². The molecule has 21 heavy (non-hydrogen) atoms. The average Bonchev–Trinajstić information content (AvgIpc) is 2.47. The largest absolute Gasteiger partial charge is 0.391 e. The van der Waals surface area contributed by atoms with Crippen molar-refractivity contribution in [2.24, 2.45) is 0 Å². The smallest absolute Gasteiger partial charge is 0.317 e. The van der Waals surface area contributed by atoms with Gasteiger partial charge >= 0.3 is 6.03 Å². The highest BCUT2D eigenvalue weighted by atomic mass is 16.3. The molecule has 1 aromatic carbocycles. The fourth-order valence-electron chi connectivity index (χ4n) is 3.46. The van der Waals surface area contributed by atoms with E-state index >= 15 is 0 Å². The quantitative estimate of drug-likeness (QED) is 0.896. The Kier molecular flexibility index (Phi) is 4.15. The van der Waals surface area contributed by atoms with Gasteiger partial charge in [-0.15, -0.1) is 0 Å². The Morgan fingerprint density at radius 1 is 1.29 bits per heavy atom. The predicted octanol–water partition coefficient (Wildman–Crippen LogP) is 2.27. The molecule has 2 N–H and O–H groups in total. The molecule has 0 bridgehead atoms. The zero-order valence-corrected chi connectivity index (χ0v) is 12.4. The van der Waals surface area contributed by atoms with Crippen LogP contribution in [0.15, 0.2) is 30.3 Å². The first-order chi connectivity index (χ1) is 10.2. The third-order valence-electron chi connectivity index (χ3n) is 4.96. The fourth-order valence-corrected chi connectivity index (χ4v) is 3.46. The normalized spacial score (nSPS) is 24.2. The van der Waals surface area contributed by atoms with E-state index in [9.17, 15) is 9.90 Å². The molecule has 1 atom stereocenters. The molecular formula is C17H24N2O2. The number of aliphatic hydroxyl groups is 1. The van der Waals surface area contributed by atoms with Gasteiger partial charge in [0.1, 0.15) is 0 Å². The summed E-state index contributed by atoms with van der Waals surface area (Å²) in [6.07, 6.45) is 4.83. The van der Waals surface area contributed by atoms with Crippen molar-refractivity contribution in [3.8, 4) is 0 Å². The number of hydrogen-bond acceptors (Lipinski definition) is 2. The Morgan fingerprint density at radius 2 is 2.05 bits per heavy atom. The molecule has 3 rings (SSSR count). The summed E-state index contributed by atoms with van der Waals surface area (Å²) in [6, 6.07) is 10.5. The summed E-state index contributed by atoms with van der Waals surface area (Å²) in [7, 11) is 0. The van der Waals surface area contributed by atoms with E-state index in [1.165, 1.54) is 12.0 Å². The van der Waals surface area contributed by atoms with Gasteiger partial charge in [-0.05, 0) is 31.2 Å². The first-order valence-electron chi connectivity index (χ1n) is 7.96. The van der Waals surface area contributed by atoms with Gasteiger partial charge in [0, 0.05) is 25.0 Å². The lowest BCUT2D eigenvalue weighted by atomic mass is 9.64. The molecule has 1 saturated carbocycles. The highest BCUT2D eigenvalue weighted by molar-refractivity contribution is 5.74. The van der Waals surface area contributed by atoms with Crippen molar-refractivity contribution in [2.75, 3.05) is 19.6 Å². The van der Waals surface area contributed by atoms with Gasteiger partial charge < -0.3 is 15.3 Å². The highest BCUT2D eigenvalue weighted by Gasteiger charge is 2.39. The van der Waals surface area contributed by atoms with Crippen molar-refractivity contribution in [1.82, 2.24) is 10.2 Å². The molecule has 4 heteroatoms. The number of carbonyl (C=O) groups is 1. The van der Waals surface area contributed by atoms with Crippen molar-refractivity contribution in [3.05, 3.63) is 35.9 Å². The Labute approximate surface area is 126 Å². The molecule has 1 aliphatic carbocycles. The number of amides is 2. The molecule has 2 amide bonds. The van der Waals surface area contributed by atoms with Crippen molar-refractivity contribution >= 4 is 6.03 Å². The van der Waals surface area contributed by atoms with Gasteiger partial charge in [-0.1, -0.05) is 36.8 Å². The van der Waals surface area contributed by atoms with E-state index in [1.807, 2.05) is 6.07 Å². The molecule has 0 radical (unpaired) electrons. The number of β-amino-alcohol motifs (C(OH)–C–C–N with tert-alkyl or cyclic N) is 1. The Hall–Kier alpha value is -1.55. The van der Waals surface area contributed by atoms with E-state index < -0.39 is 0 Å². The van der Waals surface area contributed by atoms with Crippen LogP contribution in [0, 0.1) is 0 Å². The standard InChI is InChI=1S/C17H24N2O2/c20-15-8-4-11-19(12-15)16(21)18-13-17(9-5-10-17)14-6-2-1-3-7-14/h1-3,6-7,15,20H,4-5,8-13H2,(H,18,21). The van der Waals surface area contributed by atoms with Crippen LogP contribution in [0.5, 0.6) is 0 Å². The van der Waals surface area contributed by atoms with Crippen LogP contribution in [0.3, 0.4) is 0 Å². The van der Waals surface area contributed by atoms with E-state index in [1.54, 1.807) is 4.90 Å². The number of aliphatic hydroxyl groups excluding tert-OH is 1. The summed E-state index contributed by atoms with van der Waals surface area (Å²) in [5, 5.41) is 12.8. The first kappa shape index (κ1) is 14.4. The molecule has 1 saturated heterocycles. The zero-order chi connectivity index (χ0) is 14.7. The van der Waals surface area contributed by atoms with Crippen LogP contribution in [-0.2, 0) is 5.41 Å². The molecule has 2 fully saturated rings. The molecule has 1 heterocycles. The maximum absolute atomic E-state index is 12.3. The molecule has 0 aromatic heterocycles. The Morgan fingerprint density at radius 3 is 2.67 bits per heavy atom. The number of rotatable bonds is 3. The summed E-state index contributed by atoms with van der Waals surface area (Å²) in [6.45, 7) is 1.91. The number of piperidine rings is 1. The number of carbonyl (C=O) groups excluding carboxylic acids is 1. The second-order valence-corrected chi connectivity index (χ2v) is 6.40. The van der Waals surface area contributed by atoms with E-state index in [2.05, 4.69) is 29.6 Å². The van der Waals surface area contributed by atoms with Gasteiger partial charge in [0.25, 0.3) is 0 Å². The van der Waals surface area contributed by atoms with E-state index in [0.29, 0.717) is 13.1 Å². The van der Waals surface area contributed by atoms with Crippen molar-refractivity contribution in [3.63, 3.8) is 0 Å². The average molecular weight is 288 g/mol. The Bertz CT molecular complexity index is 485. The lowest BCUT2D eigenvalue weighted by molar-refractivity contribution is 0.0829. The summed E-state index contributed by atoms with van der Waals surface area (Å²) >= 11 is 0. The number of likely N-dealkylation sites (tertiary alicyclic amines) is 1. The third kappa shape index (κ3) is 3.05. The minimum atomic E-state index is -0.365. The number of nitrogens with one attached hydrogen (secondary N) is 1. The minimum absolute atomic E-state index is 0.0315. The zero-order valence-electron chi connectivity index (χ0n) is 12.4. The molecule has 114 valence electrons. The summed E-state index contributed by atoms with van der Waals surface area (Å²) in [5.74, 6) is 0. The fraction of sp³-hybridized carbons (Fsp3) is 0.588. The van der Waals surface area contributed by atoms with Gasteiger partial charge in [0.2, 0.25) is 0 Å². The van der Waals surface area contributed by atoms with Crippen LogP contribution in [-0.4, -0.2) is 41.8 Å². The summed E-state index contributed by atoms with van der Waals surface area (Å²) < 4.78 is 0. The molecule has 0 spiro atoms. The van der Waals surface area contributed by atoms with Crippen molar-refractivity contribution < 1.29 is 9.90 Å². The van der Waals surface area contributed by atoms with Crippen LogP contribution in [0.1, 0.15) is 37.7 Å². The maximum Gasteiger partial charge on any atom is 0.317 e. The van der Waals surface area contributed by atoms with Gasteiger partial charge in [0.15, 0.2) is 0 Å². The summed E-state index contributed by atoms with van der Waals surface area (Å²) in [4.78, 5) is 14.0. The van der Waals surface area contributed by atoms with Crippen molar-refractivity contribution in [1.29, 1.82) is 0 Å². The number of benzene rings is 1. The van der Waals surface area contributed by atoms with Gasteiger partial charge in [0.05, 0.1) is 6.10 Å². The second kappa shape index (κ2) is 6.06. The molecule has 1 aromatic rings. The predicted molar refractivity (Wildman–Crippen MR) is 82.2 cm³/mol. The van der Waals surface area contributed by atoms with E-state index in [0.717, 1.165) is 32.2 Å². The lowest BCUT2D eigenvalue weighted by Gasteiger charge is -2.43. The first-order valence-corrected chi connectivity index (χ1v) is 7.96. The number of hydrogen-bond donors (Lipinski definition) is 2. The summed E-state index contributed by atoms with van der Waals surface area (Å²) in [5.41, 5.74) is 1.45. The van der Waals surface area contributed by atoms with Gasteiger partial charge in [-0.3, -0.25) is 0 Å². The van der Waals surface area contributed by atoms with Crippen LogP contribution >= 0.6 is 0 Å². The number of urea groups is 1. The van der Waals surface area contributed by atoms with Gasteiger partial charge in [-0.25, -0.2) is 4.79 Å². The van der Waals surface area contributed by atoms with Crippen LogP contribution in [0.4, 0.5) is 4.79 Å². The van der Waals surface area contributed by atoms with E-state index in [-0.39, 0.29) is 17.6 Å². The molecule has 2 aliphatic rings. The lowest BCUT2D eigenvalue weighted by Crippen LogP contribution is -2.52. The van der Waals surface area contributed by atoms with Crippen molar-refractivity contribution in [2.45, 2.75) is 43.6 Å².